The van der Waals surface area contributed by atoms with Crippen molar-refractivity contribution >= 4 is 16.9 Å². The molecule has 4 nitrogen and oxygen atoms in total. The lowest BCUT2D eigenvalue weighted by Crippen LogP contribution is -2.39. The third-order valence-corrected chi connectivity index (χ3v) is 9.54. The van der Waals surface area contributed by atoms with Crippen molar-refractivity contribution < 1.29 is 9.00 Å². The Morgan fingerprint density at radius 3 is 1.79 bits per heavy atom. The Labute approximate surface area is 261 Å². The van der Waals surface area contributed by atoms with Crippen LogP contribution in [0.4, 0.5) is 0 Å². The highest BCUT2D eigenvalue weighted by molar-refractivity contribution is 7.83. The summed E-state index contributed by atoms with van der Waals surface area (Å²) < 4.78 is 18.1. The van der Waals surface area contributed by atoms with Crippen LogP contribution in [-0.2, 0) is 15.8 Å². The van der Waals surface area contributed by atoms with Crippen molar-refractivity contribution in [3.8, 4) is 0 Å². The van der Waals surface area contributed by atoms with E-state index in [2.05, 4.69) is 81.9 Å². The van der Waals surface area contributed by atoms with Crippen molar-refractivity contribution in [2.24, 2.45) is 0 Å². The molecule has 0 saturated heterocycles. The molecule has 1 amide bonds. The molecule has 0 bridgehead atoms. The zero-order valence-corrected chi connectivity index (χ0v) is 27.4. The van der Waals surface area contributed by atoms with Crippen LogP contribution in [0.25, 0.3) is 0 Å². The molecule has 4 rings (SSSR count). The average molecular weight is 597 g/mol. The molecule has 0 aromatic heterocycles. The van der Waals surface area contributed by atoms with Crippen molar-refractivity contribution in [2.45, 2.75) is 102 Å². The predicted molar refractivity (Wildman–Crippen MR) is 180 cm³/mol. The van der Waals surface area contributed by atoms with Gasteiger partial charge < -0.3 is 5.32 Å². The van der Waals surface area contributed by atoms with Gasteiger partial charge in [-0.2, -0.15) is 0 Å². The van der Waals surface area contributed by atoms with Crippen molar-refractivity contribution in [1.29, 1.82) is 0 Å². The first-order valence-corrected chi connectivity index (χ1v) is 16.9. The summed E-state index contributed by atoms with van der Waals surface area (Å²) in [6.45, 7) is 13.1. The molecule has 228 valence electrons. The van der Waals surface area contributed by atoms with E-state index in [9.17, 15) is 9.00 Å². The molecule has 43 heavy (non-hydrogen) atoms. The molecule has 0 spiro atoms. The maximum absolute atomic E-state index is 14.6. The minimum absolute atomic E-state index is 0.00940. The summed E-state index contributed by atoms with van der Waals surface area (Å²) in [5, 5.41) is 3.35. The summed E-state index contributed by atoms with van der Waals surface area (Å²) in [6, 6.07) is 23.7. The number of carbonyl (C=O) groups excluding carboxylic acids is 1. The standard InChI is InChI=1S/C38H48N2O2S/c1-26(2)32-24-33(27(3)4)38(34(25-32)28(5)6)43(42)40-37(31-20-14-9-15-21-31)36(30-18-12-8-13-19-30)39-35(41)23-22-29-16-10-7-11-17-29/h7-10,12-15,17-21,24-28,36-37,40H,11,16,22-23H2,1-6H3,(H,39,41)/t36-,37?,43?/m0/s1. The van der Waals surface area contributed by atoms with Crippen molar-refractivity contribution in [2.75, 3.05) is 0 Å². The highest BCUT2D eigenvalue weighted by atomic mass is 32.2. The van der Waals surface area contributed by atoms with E-state index in [1.807, 2.05) is 60.7 Å². The summed E-state index contributed by atoms with van der Waals surface area (Å²) in [7, 11) is -1.53. The lowest BCUT2D eigenvalue weighted by atomic mass is 9.89. The fourth-order valence-corrected chi connectivity index (χ4v) is 7.30. The van der Waals surface area contributed by atoms with Crippen LogP contribution >= 0.6 is 0 Å². The number of allylic oxidation sites excluding steroid dienone is 4. The van der Waals surface area contributed by atoms with Gasteiger partial charge in [0.2, 0.25) is 5.91 Å². The van der Waals surface area contributed by atoms with Gasteiger partial charge in [-0.15, -0.1) is 0 Å². The van der Waals surface area contributed by atoms with Gasteiger partial charge in [0, 0.05) is 6.42 Å². The molecular weight excluding hydrogens is 548 g/mol. The fourth-order valence-electron chi connectivity index (χ4n) is 5.66. The number of carbonyl (C=O) groups is 1. The Morgan fingerprint density at radius 2 is 1.30 bits per heavy atom. The summed E-state index contributed by atoms with van der Waals surface area (Å²) in [6.07, 6.45) is 9.57. The molecule has 0 radical (unpaired) electrons. The first-order valence-electron chi connectivity index (χ1n) is 15.7. The van der Waals surface area contributed by atoms with E-state index in [1.165, 1.54) is 11.1 Å². The quantitative estimate of drug-likeness (QED) is 0.193. The fraction of sp³-hybridized carbons (Fsp3) is 0.395. The lowest BCUT2D eigenvalue weighted by molar-refractivity contribution is -0.122. The molecule has 3 aromatic carbocycles. The number of nitrogens with one attached hydrogen (secondary N) is 2. The number of hydrogen-bond donors (Lipinski definition) is 2. The van der Waals surface area contributed by atoms with Gasteiger partial charge >= 0.3 is 0 Å². The molecule has 0 heterocycles. The highest BCUT2D eigenvalue weighted by Crippen LogP contribution is 2.36. The zero-order valence-electron chi connectivity index (χ0n) is 26.6. The number of rotatable bonds is 13. The van der Waals surface area contributed by atoms with Crippen LogP contribution < -0.4 is 10.0 Å². The number of amides is 1. The van der Waals surface area contributed by atoms with Gasteiger partial charge in [-0.05, 0) is 64.8 Å². The summed E-state index contributed by atoms with van der Waals surface area (Å²) >= 11 is 0. The lowest BCUT2D eigenvalue weighted by Gasteiger charge is -2.31. The molecule has 3 atom stereocenters. The minimum Gasteiger partial charge on any atom is -0.347 e. The molecule has 0 aliphatic heterocycles. The van der Waals surface area contributed by atoms with Gasteiger partial charge in [0.15, 0.2) is 0 Å². The van der Waals surface area contributed by atoms with Crippen LogP contribution in [0.2, 0.25) is 0 Å². The van der Waals surface area contributed by atoms with E-state index in [1.54, 1.807) is 0 Å². The van der Waals surface area contributed by atoms with Gasteiger partial charge in [-0.1, -0.05) is 138 Å². The number of hydrogen-bond acceptors (Lipinski definition) is 2. The molecule has 1 aliphatic carbocycles. The maximum Gasteiger partial charge on any atom is 0.220 e. The monoisotopic (exact) mass is 596 g/mol. The molecular formula is C38H48N2O2S. The van der Waals surface area contributed by atoms with Crippen LogP contribution in [0.15, 0.2) is 101 Å². The van der Waals surface area contributed by atoms with Crippen LogP contribution in [-0.4, -0.2) is 10.1 Å². The van der Waals surface area contributed by atoms with Gasteiger partial charge in [0.05, 0.1) is 17.0 Å². The molecule has 3 aromatic rings. The Morgan fingerprint density at radius 1 is 0.744 bits per heavy atom. The van der Waals surface area contributed by atoms with Gasteiger partial charge in [-0.25, -0.2) is 8.93 Å². The molecule has 2 unspecified atom stereocenters. The average Bonchev–Trinajstić information content (AvgIpc) is 3.02. The van der Waals surface area contributed by atoms with E-state index in [4.69, 9.17) is 0 Å². The van der Waals surface area contributed by atoms with Crippen molar-refractivity contribution in [3.63, 3.8) is 0 Å². The Bertz CT molecular complexity index is 1410. The third-order valence-electron chi connectivity index (χ3n) is 8.23. The van der Waals surface area contributed by atoms with Crippen molar-refractivity contribution in [1.82, 2.24) is 10.0 Å². The Balaban J connectivity index is 1.73. The SMILES string of the molecule is CC(C)c1cc(C(C)C)c(S(=O)NC(c2ccccc2)[C@@H](NC(=O)CCC2=CCC=CC2)c2ccccc2)c(C(C)C)c1. The van der Waals surface area contributed by atoms with E-state index in [-0.39, 0.29) is 17.7 Å². The molecule has 0 saturated carbocycles. The van der Waals surface area contributed by atoms with E-state index in [0.29, 0.717) is 12.3 Å². The summed E-state index contributed by atoms with van der Waals surface area (Å²) in [4.78, 5) is 14.4. The van der Waals surface area contributed by atoms with Crippen LogP contribution in [0, 0.1) is 0 Å². The second kappa shape index (κ2) is 15.4. The second-order valence-corrected chi connectivity index (χ2v) is 13.7. The number of benzene rings is 3. The summed E-state index contributed by atoms with van der Waals surface area (Å²) in [5.41, 5.74) is 6.74. The topological polar surface area (TPSA) is 58.2 Å². The molecule has 2 N–H and O–H groups in total. The Hall–Kier alpha value is -3.28. The zero-order chi connectivity index (χ0) is 30.9. The maximum atomic E-state index is 14.6. The van der Waals surface area contributed by atoms with E-state index >= 15 is 0 Å². The Kier molecular flexibility index (Phi) is 11.7. The van der Waals surface area contributed by atoms with Gasteiger partial charge in [0.1, 0.15) is 11.0 Å². The largest absolute Gasteiger partial charge is 0.347 e. The van der Waals surface area contributed by atoms with E-state index < -0.39 is 23.1 Å². The van der Waals surface area contributed by atoms with Crippen LogP contribution in [0.1, 0.15) is 125 Å². The highest BCUT2D eigenvalue weighted by Gasteiger charge is 2.30. The minimum atomic E-state index is -1.53. The predicted octanol–water partition coefficient (Wildman–Crippen LogP) is 9.32. The summed E-state index contributed by atoms with van der Waals surface area (Å²) in [5.74, 6) is 0.784. The van der Waals surface area contributed by atoms with Gasteiger partial charge in [0.25, 0.3) is 0 Å². The van der Waals surface area contributed by atoms with Crippen LogP contribution in [0.5, 0.6) is 0 Å². The smallest absolute Gasteiger partial charge is 0.220 e. The van der Waals surface area contributed by atoms with Crippen LogP contribution in [0.3, 0.4) is 0 Å². The first kappa shape index (κ1) is 32.6. The molecule has 1 aliphatic rings. The first-order chi connectivity index (χ1) is 20.7. The third kappa shape index (κ3) is 8.64. The van der Waals surface area contributed by atoms with E-state index in [0.717, 1.165) is 46.4 Å². The van der Waals surface area contributed by atoms with Gasteiger partial charge in [-0.3, -0.25) is 4.79 Å². The second-order valence-electron chi connectivity index (χ2n) is 12.5. The molecule has 5 heteroatoms. The normalized spacial score (nSPS) is 15.4. The van der Waals surface area contributed by atoms with Crippen molar-refractivity contribution in [3.05, 3.63) is 124 Å². The molecule has 0 fully saturated rings.